The number of phenols is 1. The number of benzene rings is 1. The summed E-state index contributed by atoms with van der Waals surface area (Å²) < 4.78 is 0. The fourth-order valence-corrected chi connectivity index (χ4v) is 1.89. The quantitative estimate of drug-likeness (QED) is 0.567. The van der Waals surface area contributed by atoms with E-state index in [4.69, 9.17) is 5.11 Å². The molecule has 1 heterocycles. The molecule has 1 amide bonds. The molecule has 0 atom stereocenters. The van der Waals surface area contributed by atoms with Crippen molar-refractivity contribution in [3.63, 3.8) is 0 Å². The van der Waals surface area contributed by atoms with Crippen molar-refractivity contribution in [2.75, 3.05) is 6.54 Å². The van der Waals surface area contributed by atoms with Crippen molar-refractivity contribution >= 4 is 11.8 Å². The van der Waals surface area contributed by atoms with Crippen LogP contribution in [0.2, 0.25) is 0 Å². The Hall–Kier alpha value is -2.31. The highest BCUT2D eigenvalue weighted by molar-refractivity contribution is 5.66. The zero-order valence-electron chi connectivity index (χ0n) is 8.79. The number of rotatable bonds is 1. The molecular formula is C10H10N2O5. The molecule has 0 bridgehead atoms. The molecule has 90 valence electrons. The first-order valence-electron chi connectivity index (χ1n) is 4.96. The molecule has 0 aromatic heterocycles. The van der Waals surface area contributed by atoms with Crippen LogP contribution in [0.4, 0.5) is 10.5 Å². The first-order valence-corrected chi connectivity index (χ1v) is 4.96. The van der Waals surface area contributed by atoms with E-state index in [1.807, 2.05) is 0 Å². The predicted octanol–water partition coefficient (Wildman–Crippen LogP) is 1.34. The molecule has 1 aliphatic heterocycles. The van der Waals surface area contributed by atoms with Gasteiger partial charge < -0.3 is 15.1 Å². The molecule has 0 saturated heterocycles. The Labute approximate surface area is 96.0 Å². The molecule has 17 heavy (non-hydrogen) atoms. The minimum absolute atomic E-state index is 0.117. The van der Waals surface area contributed by atoms with E-state index in [1.165, 1.54) is 17.0 Å². The molecule has 1 aliphatic rings. The zero-order valence-corrected chi connectivity index (χ0v) is 8.79. The van der Waals surface area contributed by atoms with E-state index in [0.717, 1.165) is 5.56 Å². The standard InChI is InChI=1S/C10H10N2O5/c13-9-4-6-1-2-11(10(14)15)5-7(6)3-8(9)12(16)17/h3-4,13H,1-2,5H2,(H,14,15). The third-order valence-corrected chi connectivity index (χ3v) is 2.78. The predicted molar refractivity (Wildman–Crippen MR) is 56.9 cm³/mol. The van der Waals surface area contributed by atoms with Crippen LogP contribution >= 0.6 is 0 Å². The van der Waals surface area contributed by atoms with Crippen LogP contribution in [0.15, 0.2) is 12.1 Å². The molecule has 7 nitrogen and oxygen atoms in total. The lowest BCUT2D eigenvalue weighted by Crippen LogP contribution is -2.34. The van der Waals surface area contributed by atoms with Crippen molar-refractivity contribution in [2.24, 2.45) is 0 Å². The Kier molecular flexibility index (Phi) is 2.58. The van der Waals surface area contributed by atoms with Crippen molar-refractivity contribution in [2.45, 2.75) is 13.0 Å². The van der Waals surface area contributed by atoms with Gasteiger partial charge in [0, 0.05) is 19.2 Å². The lowest BCUT2D eigenvalue weighted by molar-refractivity contribution is -0.386. The summed E-state index contributed by atoms with van der Waals surface area (Å²) in [5.41, 5.74) is 0.935. The normalized spacial score (nSPS) is 14.2. The number of nitro groups is 1. The van der Waals surface area contributed by atoms with E-state index in [2.05, 4.69) is 0 Å². The first-order chi connectivity index (χ1) is 7.99. The number of nitro benzene ring substituents is 1. The lowest BCUT2D eigenvalue weighted by Gasteiger charge is -2.26. The van der Waals surface area contributed by atoms with E-state index in [0.29, 0.717) is 18.5 Å². The molecule has 1 aromatic carbocycles. The van der Waals surface area contributed by atoms with Crippen molar-refractivity contribution < 1.29 is 19.9 Å². The Morgan fingerprint density at radius 2 is 2.12 bits per heavy atom. The Morgan fingerprint density at radius 3 is 2.71 bits per heavy atom. The summed E-state index contributed by atoms with van der Waals surface area (Å²) in [5, 5.41) is 28.9. The second kappa shape index (κ2) is 3.93. The summed E-state index contributed by atoms with van der Waals surface area (Å²) in [7, 11) is 0. The average molecular weight is 238 g/mol. The molecular weight excluding hydrogens is 228 g/mol. The van der Waals surface area contributed by atoms with Crippen molar-refractivity contribution in [1.82, 2.24) is 4.90 Å². The summed E-state index contributed by atoms with van der Waals surface area (Å²) in [5.74, 6) is -0.377. The number of nitrogens with zero attached hydrogens (tertiary/aromatic N) is 2. The SMILES string of the molecule is O=C(O)N1CCc2cc(O)c([N+](=O)[O-])cc2C1. The van der Waals surface area contributed by atoms with Gasteiger partial charge in [-0.3, -0.25) is 10.1 Å². The van der Waals surface area contributed by atoms with Crippen LogP contribution in [0.1, 0.15) is 11.1 Å². The number of carbonyl (C=O) groups is 1. The molecule has 2 N–H and O–H groups in total. The summed E-state index contributed by atoms with van der Waals surface area (Å²) in [6.45, 7) is 0.450. The third kappa shape index (κ3) is 1.99. The maximum atomic E-state index is 10.8. The lowest BCUT2D eigenvalue weighted by atomic mass is 9.99. The van der Waals surface area contributed by atoms with Crippen LogP contribution in [0.25, 0.3) is 0 Å². The fraction of sp³-hybridized carbons (Fsp3) is 0.300. The van der Waals surface area contributed by atoms with Gasteiger partial charge in [0.15, 0.2) is 5.75 Å². The van der Waals surface area contributed by atoms with E-state index in [9.17, 15) is 20.0 Å². The van der Waals surface area contributed by atoms with Gasteiger partial charge in [0.2, 0.25) is 0 Å². The molecule has 1 aromatic rings. The summed E-state index contributed by atoms with van der Waals surface area (Å²) >= 11 is 0. The second-order valence-electron chi connectivity index (χ2n) is 3.82. The number of aromatic hydroxyl groups is 1. The van der Waals surface area contributed by atoms with Crippen LogP contribution < -0.4 is 0 Å². The Balaban J connectivity index is 2.40. The zero-order chi connectivity index (χ0) is 12.6. The topological polar surface area (TPSA) is 104 Å². The molecule has 0 saturated carbocycles. The molecule has 0 aliphatic carbocycles. The van der Waals surface area contributed by atoms with Gasteiger partial charge in [0.1, 0.15) is 0 Å². The van der Waals surface area contributed by atoms with Crippen molar-refractivity contribution in [1.29, 1.82) is 0 Å². The maximum Gasteiger partial charge on any atom is 0.407 e. The van der Waals surface area contributed by atoms with Gasteiger partial charge in [0.05, 0.1) is 4.92 Å². The largest absolute Gasteiger partial charge is 0.502 e. The molecule has 2 rings (SSSR count). The number of fused-ring (bicyclic) bond motifs is 1. The van der Waals surface area contributed by atoms with Gasteiger partial charge in [0.25, 0.3) is 0 Å². The summed E-state index contributed by atoms with van der Waals surface area (Å²) in [6.07, 6.45) is -0.598. The number of carboxylic acid groups (broad SMARTS) is 1. The fourth-order valence-electron chi connectivity index (χ4n) is 1.89. The third-order valence-electron chi connectivity index (χ3n) is 2.78. The second-order valence-corrected chi connectivity index (χ2v) is 3.82. The van der Waals surface area contributed by atoms with E-state index in [1.54, 1.807) is 0 Å². The monoisotopic (exact) mass is 238 g/mol. The number of hydrogen-bond acceptors (Lipinski definition) is 4. The van der Waals surface area contributed by atoms with E-state index in [-0.39, 0.29) is 12.3 Å². The first kappa shape index (κ1) is 11.2. The minimum atomic E-state index is -1.05. The molecule has 0 unspecified atom stereocenters. The number of amides is 1. The van der Waals surface area contributed by atoms with E-state index >= 15 is 0 Å². The van der Waals surface area contributed by atoms with Gasteiger partial charge in [-0.15, -0.1) is 0 Å². The summed E-state index contributed by atoms with van der Waals surface area (Å²) in [6, 6.07) is 2.58. The minimum Gasteiger partial charge on any atom is -0.502 e. The Morgan fingerprint density at radius 1 is 1.41 bits per heavy atom. The Bertz CT molecular complexity index is 500. The molecule has 0 radical (unpaired) electrons. The van der Waals surface area contributed by atoms with E-state index < -0.39 is 16.7 Å². The van der Waals surface area contributed by atoms with Crippen LogP contribution in [0.3, 0.4) is 0 Å². The maximum absolute atomic E-state index is 10.8. The van der Waals surface area contributed by atoms with Gasteiger partial charge in [-0.2, -0.15) is 0 Å². The van der Waals surface area contributed by atoms with Gasteiger partial charge in [-0.05, 0) is 23.6 Å². The van der Waals surface area contributed by atoms with Crippen LogP contribution in [0.5, 0.6) is 5.75 Å². The van der Waals surface area contributed by atoms with Crippen LogP contribution in [-0.4, -0.2) is 32.7 Å². The van der Waals surface area contributed by atoms with Crippen molar-refractivity contribution in [3.8, 4) is 5.75 Å². The van der Waals surface area contributed by atoms with Crippen molar-refractivity contribution in [3.05, 3.63) is 33.4 Å². The van der Waals surface area contributed by atoms with Gasteiger partial charge in [-0.25, -0.2) is 4.79 Å². The highest BCUT2D eigenvalue weighted by Crippen LogP contribution is 2.32. The number of hydrogen-bond donors (Lipinski definition) is 2. The van der Waals surface area contributed by atoms with Gasteiger partial charge >= 0.3 is 11.8 Å². The number of phenolic OH excluding ortho intramolecular Hbond substituents is 1. The molecule has 0 spiro atoms. The van der Waals surface area contributed by atoms with Gasteiger partial charge in [-0.1, -0.05) is 0 Å². The molecule has 7 heteroatoms. The summed E-state index contributed by atoms with van der Waals surface area (Å²) in [4.78, 5) is 21.9. The highest BCUT2D eigenvalue weighted by atomic mass is 16.6. The van der Waals surface area contributed by atoms with Crippen LogP contribution in [-0.2, 0) is 13.0 Å². The van der Waals surface area contributed by atoms with Crippen LogP contribution in [0, 0.1) is 10.1 Å². The highest BCUT2D eigenvalue weighted by Gasteiger charge is 2.24. The average Bonchev–Trinajstić information content (AvgIpc) is 2.27. The smallest absolute Gasteiger partial charge is 0.407 e. The molecule has 0 fully saturated rings.